The molecule has 0 saturated carbocycles. The van der Waals surface area contributed by atoms with Crippen LogP contribution < -0.4 is 19.6 Å². The van der Waals surface area contributed by atoms with E-state index in [0.29, 0.717) is 11.6 Å². The van der Waals surface area contributed by atoms with E-state index < -0.39 is 0 Å². The molecule has 0 amide bonds. The first-order chi connectivity index (χ1) is 13.2. The van der Waals surface area contributed by atoms with Gasteiger partial charge in [-0.25, -0.2) is 4.68 Å². The fourth-order valence-electron chi connectivity index (χ4n) is 2.77. The van der Waals surface area contributed by atoms with Gasteiger partial charge in [0.15, 0.2) is 5.82 Å². The molecule has 0 radical (unpaired) electrons. The van der Waals surface area contributed by atoms with Crippen LogP contribution in [0.2, 0.25) is 0 Å². The molecular weight excluding hydrogens is 364 g/mol. The van der Waals surface area contributed by atoms with Gasteiger partial charge in [-0.2, -0.15) is 0 Å². The number of methoxy groups -OCH3 is 3. The second-order valence-electron chi connectivity index (χ2n) is 5.70. The number of nitrogens with one attached hydrogen (secondary N) is 1. The minimum absolute atomic E-state index is 0.663. The lowest BCUT2D eigenvalue weighted by molar-refractivity contribution is 0.395. The molecule has 27 heavy (non-hydrogen) atoms. The maximum atomic E-state index is 5.52. The van der Waals surface area contributed by atoms with Gasteiger partial charge in [-0.3, -0.25) is 5.43 Å². The summed E-state index contributed by atoms with van der Waals surface area (Å²) in [6.07, 6.45) is 0. The Morgan fingerprint density at radius 1 is 0.889 bits per heavy atom. The van der Waals surface area contributed by atoms with E-state index in [0.717, 1.165) is 33.5 Å². The SMILES string of the molecule is COc1ccc(C2=CSc3nnc(-c4ccc(OC)cc4OC)n3N2)cc1. The summed E-state index contributed by atoms with van der Waals surface area (Å²) in [6.45, 7) is 0. The Bertz CT molecular complexity index is 999. The molecule has 138 valence electrons. The van der Waals surface area contributed by atoms with Crippen LogP contribution in [0.3, 0.4) is 0 Å². The molecule has 0 unspecified atom stereocenters. The molecule has 3 aromatic rings. The highest BCUT2D eigenvalue weighted by molar-refractivity contribution is 8.02. The van der Waals surface area contributed by atoms with Crippen LogP contribution in [0.4, 0.5) is 0 Å². The first-order valence-electron chi connectivity index (χ1n) is 8.19. The van der Waals surface area contributed by atoms with Gasteiger partial charge in [-0.1, -0.05) is 11.8 Å². The Balaban J connectivity index is 1.69. The first-order valence-corrected chi connectivity index (χ1v) is 9.07. The van der Waals surface area contributed by atoms with Crippen molar-refractivity contribution in [3.63, 3.8) is 0 Å². The van der Waals surface area contributed by atoms with Crippen LogP contribution in [-0.2, 0) is 0 Å². The lowest BCUT2D eigenvalue weighted by Crippen LogP contribution is -2.18. The van der Waals surface area contributed by atoms with Crippen molar-refractivity contribution in [3.05, 3.63) is 53.4 Å². The summed E-state index contributed by atoms with van der Waals surface area (Å²) in [5.41, 5.74) is 6.19. The summed E-state index contributed by atoms with van der Waals surface area (Å²) >= 11 is 1.51. The molecule has 1 aromatic heterocycles. The third kappa shape index (κ3) is 3.19. The second kappa shape index (κ2) is 7.24. The first kappa shape index (κ1) is 17.3. The number of fused-ring (bicyclic) bond motifs is 1. The van der Waals surface area contributed by atoms with Gasteiger partial charge in [0.25, 0.3) is 0 Å². The van der Waals surface area contributed by atoms with Gasteiger partial charge in [0, 0.05) is 17.0 Å². The van der Waals surface area contributed by atoms with Gasteiger partial charge in [-0.15, -0.1) is 10.2 Å². The number of nitrogens with zero attached hydrogens (tertiary/aromatic N) is 3. The maximum Gasteiger partial charge on any atom is 0.214 e. The van der Waals surface area contributed by atoms with E-state index in [9.17, 15) is 0 Å². The van der Waals surface area contributed by atoms with E-state index in [2.05, 4.69) is 15.6 Å². The smallest absolute Gasteiger partial charge is 0.214 e. The Morgan fingerprint density at radius 2 is 1.63 bits per heavy atom. The highest BCUT2D eigenvalue weighted by Crippen LogP contribution is 2.36. The largest absolute Gasteiger partial charge is 0.497 e. The lowest BCUT2D eigenvalue weighted by atomic mass is 10.1. The quantitative estimate of drug-likeness (QED) is 0.723. The third-order valence-corrected chi connectivity index (χ3v) is 5.03. The lowest BCUT2D eigenvalue weighted by Gasteiger charge is -2.20. The van der Waals surface area contributed by atoms with Crippen molar-refractivity contribution in [3.8, 4) is 28.6 Å². The minimum Gasteiger partial charge on any atom is -0.497 e. The Kier molecular flexibility index (Phi) is 4.64. The molecule has 1 N–H and O–H groups in total. The van der Waals surface area contributed by atoms with Gasteiger partial charge in [0.1, 0.15) is 17.2 Å². The van der Waals surface area contributed by atoms with Gasteiger partial charge >= 0.3 is 0 Å². The molecule has 8 heteroatoms. The molecule has 0 fully saturated rings. The predicted molar refractivity (Wildman–Crippen MR) is 105 cm³/mol. The van der Waals surface area contributed by atoms with Crippen molar-refractivity contribution < 1.29 is 14.2 Å². The second-order valence-corrected chi connectivity index (χ2v) is 6.53. The van der Waals surface area contributed by atoms with Crippen molar-refractivity contribution in [2.75, 3.05) is 26.8 Å². The number of hydrogen-bond donors (Lipinski definition) is 1. The molecule has 0 spiro atoms. The van der Waals surface area contributed by atoms with Gasteiger partial charge < -0.3 is 14.2 Å². The number of benzene rings is 2. The average Bonchev–Trinajstić information content (AvgIpc) is 3.16. The van der Waals surface area contributed by atoms with Crippen LogP contribution in [0.25, 0.3) is 17.1 Å². The standard InChI is InChI=1S/C19H18N4O3S/c1-24-13-6-4-12(5-7-13)16-11-27-19-21-20-18(23(19)22-16)15-9-8-14(25-2)10-17(15)26-3/h4-11,22H,1-3H3. The summed E-state index contributed by atoms with van der Waals surface area (Å²) in [5, 5.41) is 11.4. The molecule has 1 aliphatic rings. The van der Waals surface area contributed by atoms with E-state index in [1.807, 2.05) is 52.5 Å². The highest BCUT2D eigenvalue weighted by atomic mass is 32.2. The summed E-state index contributed by atoms with van der Waals surface area (Å²) in [6, 6.07) is 13.5. The Labute approximate surface area is 160 Å². The molecule has 1 aliphatic heterocycles. The van der Waals surface area contributed by atoms with E-state index in [4.69, 9.17) is 14.2 Å². The topological polar surface area (TPSA) is 70.4 Å². The highest BCUT2D eigenvalue weighted by Gasteiger charge is 2.22. The van der Waals surface area contributed by atoms with Crippen LogP contribution in [0.5, 0.6) is 17.2 Å². The van der Waals surface area contributed by atoms with E-state index in [1.54, 1.807) is 21.3 Å². The number of rotatable bonds is 5. The fourth-order valence-corrected chi connectivity index (χ4v) is 3.50. The number of aromatic nitrogens is 3. The number of thioether (sulfide) groups is 1. The zero-order valence-corrected chi connectivity index (χ0v) is 15.9. The summed E-state index contributed by atoms with van der Waals surface area (Å²) in [7, 11) is 4.90. The maximum absolute atomic E-state index is 5.52. The summed E-state index contributed by atoms with van der Waals surface area (Å²) in [5.74, 6) is 2.86. The van der Waals surface area contributed by atoms with Crippen LogP contribution in [0.15, 0.2) is 53.0 Å². The van der Waals surface area contributed by atoms with Crippen molar-refractivity contribution in [2.24, 2.45) is 0 Å². The van der Waals surface area contributed by atoms with Gasteiger partial charge in [0.2, 0.25) is 5.16 Å². The molecule has 4 rings (SSSR count). The van der Waals surface area contributed by atoms with Crippen molar-refractivity contribution >= 4 is 17.5 Å². The number of hydrogen-bond acceptors (Lipinski definition) is 7. The fraction of sp³-hybridized carbons (Fsp3) is 0.158. The summed E-state index contributed by atoms with van der Waals surface area (Å²) < 4.78 is 17.9. The van der Waals surface area contributed by atoms with Crippen LogP contribution >= 0.6 is 11.8 Å². The third-order valence-electron chi connectivity index (χ3n) is 4.20. The zero-order chi connectivity index (χ0) is 18.8. The molecule has 7 nitrogen and oxygen atoms in total. The van der Waals surface area contributed by atoms with Crippen molar-refractivity contribution in [1.82, 2.24) is 14.9 Å². The summed E-state index contributed by atoms with van der Waals surface area (Å²) in [4.78, 5) is 0. The molecular formula is C19H18N4O3S. The normalized spacial score (nSPS) is 12.6. The van der Waals surface area contributed by atoms with E-state index in [-0.39, 0.29) is 0 Å². The minimum atomic E-state index is 0.663. The van der Waals surface area contributed by atoms with Crippen LogP contribution in [0.1, 0.15) is 5.56 Å². The molecule has 2 aromatic carbocycles. The Hall–Kier alpha value is -3.13. The molecule has 0 aliphatic carbocycles. The van der Waals surface area contributed by atoms with Crippen LogP contribution in [-0.4, -0.2) is 36.2 Å². The Morgan fingerprint density at radius 3 is 2.33 bits per heavy atom. The average molecular weight is 382 g/mol. The van der Waals surface area contributed by atoms with Crippen LogP contribution in [0, 0.1) is 0 Å². The monoisotopic (exact) mass is 382 g/mol. The van der Waals surface area contributed by atoms with Gasteiger partial charge in [0.05, 0.1) is 32.6 Å². The van der Waals surface area contributed by atoms with E-state index >= 15 is 0 Å². The number of ether oxygens (including phenoxy) is 3. The van der Waals surface area contributed by atoms with Crippen molar-refractivity contribution in [2.45, 2.75) is 5.16 Å². The van der Waals surface area contributed by atoms with Crippen molar-refractivity contribution in [1.29, 1.82) is 0 Å². The van der Waals surface area contributed by atoms with E-state index in [1.165, 1.54) is 11.8 Å². The predicted octanol–water partition coefficient (Wildman–Crippen LogP) is 3.62. The molecule has 0 atom stereocenters. The van der Waals surface area contributed by atoms with Gasteiger partial charge in [-0.05, 0) is 36.4 Å². The molecule has 0 bridgehead atoms. The molecule has 2 heterocycles. The molecule has 0 saturated heterocycles. The zero-order valence-electron chi connectivity index (χ0n) is 15.1.